The fourth-order valence-electron chi connectivity index (χ4n) is 3.66. The Balaban J connectivity index is 2.39. The van der Waals surface area contributed by atoms with Crippen molar-refractivity contribution in [1.29, 1.82) is 0 Å². The summed E-state index contributed by atoms with van der Waals surface area (Å²) in [5.74, 6) is 0.496. The van der Waals surface area contributed by atoms with E-state index in [4.69, 9.17) is 4.74 Å². The summed E-state index contributed by atoms with van der Waals surface area (Å²) < 4.78 is 39.7. The van der Waals surface area contributed by atoms with E-state index in [1.807, 2.05) is 42.5 Å². The molecule has 0 saturated heterocycles. The van der Waals surface area contributed by atoms with E-state index in [1.165, 1.54) is 6.07 Å². The quantitative estimate of drug-likeness (QED) is 0.457. The molecule has 5 heteroatoms. The number of hydrogen-bond donors (Lipinski definition) is 1. The molecule has 146 valence electrons. The van der Waals surface area contributed by atoms with Crippen molar-refractivity contribution in [2.75, 3.05) is 7.11 Å². The molecule has 0 aromatic heterocycles. The summed E-state index contributed by atoms with van der Waals surface area (Å²) in [6.07, 6.45) is 0. The average Bonchev–Trinajstić information content (AvgIpc) is 2.68. The van der Waals surface area contributed by atoms with Crippen LogP contribution in [-0.2, 0) is 10.1 Å². The van der Waals surface area contributed by atoms with Crippen molar-refractivity contribution < 1.29 is 17.7 Å². The molecular formula is C23H24O4S. The Bertz CT molecular complexity index is 1070. The van der Waals surface area contributed by atoms with Gasteiger partial charge in [0.15, 0.2) is 0 Å². The first-order chi connectivity index (χ1) is 13.3. The number of rotatable bonds is 6. The molecule has 0 heterocycles. The number of para-hydroxylation sites is 1. The van der Waals surface area contributed by atoms with Gasteiger partial charge in [-0.3, -0.25) is 4.55 Å². The van der Waals surface area contributed by atoms with Crippen LogP contribution in [0.3, 0.4) is 0 Å². The van der Waals surface area contributed by atoms with Gasteiger partial charge in [0.2, 0.25) is 0 Å². The van der Waals surface area contributed by atoms with E-state index >= 15 is 0 Å². The predicted octanol–water partition coefficient (Wildman–Crippen LogP) is 5.25. The fraction of sp³-hybridized carbons (Fsp3) is 0.217. The molecule has 1 unspecified atom stereocenters. The van der Waals surface area contributed by atoms with E-state index in [0.29, 0.717) is 11.3 Å². The van der Waals surface area contributed by atoms with E-state index in [-0.39, 0.29) is 10.8 Å². The van der Waals surface area contributed by atoms with Crippen LogP contribution < -0.4 is 4.74 Å². The molecule has 0 spiro atoms. The Morgan fingerprint density at radius 3 is 1.82 bits per heavy atom. The molecule has 0 aliphatic rings. The fourth-order valence-corrected chi connectivity index (χ4v) is 4.40. The summed E-state index contributed by atoms with van der Waals surface area (Å²) in [4.78, 5) is -0.0931. The maximum atomic E-state index is 12.1. The monoisotopic (exact) mass is 396 g/mol. The van der Waals surface area contributed by atoms with Gasteiger partial charge < -0.3 is 4.74 Å². The molecule has 0 aliphatic heterocycles. The predicted molar refractivity (Wildman–Crippen MR) is 111 cm³/mol. The van der Waals surface area contributed by atoms with E-state index < -0.39 is 16.0 Å². The van der Waals surface area contributed by atoms with Crippen LogP contribution in [0.2, 0.25) is 0 Å². The van der Waals surface area contributed by atoms with Gasteiger partial charge in [0.05, 0.1) is 12.0 Å². The van der Waals surface area contributed by atoms with Crippen LogP contribution in [0.25, 0.3) is 0 Å². The molecule has 0 amide bonds. The molecule has 1 atom stereocenters. The van der Waals surface area contributed by atoms with Gasteiger partial charge >= 0.3 is 0 Å². The molecule has 4 nitrogen and oxygen atoms in total. The molecule has 3 rings (SSSR count). The molecule has 0 fully saturated rings. The van der Waals surface area contributed by atoms with E-state index in [1.54, 1.807) is 25.3 Å². The molecule has 0 saturated carbocycles. The number of ether oxygens (including phenoxy) is 1. The topological polar surface area (TPSA) is 63.6 Å². The first kappa shape index (κ1) is 20.1. The Morgan fingerprint density at radius 1 is 0.750 bits per heavy atom. The number of benzene rings is 3. The second-order valence-electron chi connectivity index (χ2n) is 6.97. The van der Waals surface area contributed by atoms with Crippen LogP contribution in [-0.4, -0.2) is 20.1 Å². The maximum Gasteiger partial charge on any atom is 0.294 e. The second kappa shape index (κ2) is 8.17. The van der Waals surface area contributed by atoms with Crippen LogP contribution in [0.4, 0.5) is 0 Å². The lowest BCUT2D eigenvalue weighted by atomic mass is 9.80. The zero-order valence-corrected chi connectivity index (χ0v) is 17.0. The maximum absolute atomic E-state index is 12.1. The third kappa shape index (κ3) is 3.96. The van der Waals surface area contributed by atoms with Gasteiger partial charge in [-0.15, -0.1) is 0 Å². The molecule has 3 aromatic rings. The van der Waals surface area contributed by atoms with Gasteiger partial charge in [-0.25, -0.2) is 0 Å². The lowest BCUT2D eigenvalue weighted by Crippen LogP contribution is -2.13. The van der Waals surface area contributed by atoms with Gasteiger partial charge in [-0.1, -0.05) is 74.5 Å². The summed E-state index contributed by atoms with van der Waals surface area (Å²) in [7, 11) is -2.79. The Hall–Kier alpha value is -2.63. The molecule has 28 heavy (non-hydrogen) atoms. The Labute approximate surface area is 166 Å². The van der Waals surface area contributed by atoms with Crippen molar-refractivity contribution in [3.05, 3.63) is 95.1 Å². The van der Waals surface area contributed by atoms with Crippen LogP contribution in [0.15, 0.2) is 77.7 Å². The summed E-state index contributed by atoms with van der Waals surface area (Å²) in [6.45, 7) is 4.21. The average molecular weight is 397 g/mol. The first-order valence-corrected chi connectivity index (χ1v) is 10.6. The van der Waals surface area contributed by atoms with Gasteiger partial charge in [-0.2, -0.15) is 8.42 Å². The SMILES string of the molecule is COc1ccccc1C(c1ccccc1C(C)C)c1ccccc1S(=O)(=O)O. The zero-order valence-electron chi connectivity index (χ0n) is 16.2. The molecule has 0 bridgehead atoms. The highest BCUT2D eigenvalue weighted by molar-refractivity contribution is 7.85. The van der Waals surface area contributed by atoms with Gasteiger partial charge in [-0.05, 0) is 34.7 Å². The Kier molecular flexibility index (Phi) is 5.87. The van der Waals surface area contributed by atoms with Crippen molar-refractivity contribution in [2.45, 2.75) is 30.6 Å². The third-order valence-corrected chi connectivity index (χ3v) is 5.81. The van der Waals surface area contributed by atoms with E-state index in [2.05, 4.69) is 19.9 Å². The van der Waals surface area contributed by atoms with Crippen LogP contribution in [0, 0.1) is 0 Å². The summed E-state index contributed by atoms with van der Waals surface area (Å²) in [5.41, 5.74) is 3.46. The zero-order chi connectivity index (χ0) is 20.3. The normalized spacial score (nSPS) is 12.8. The minimum Gasteiger partial charge on any atom is -0.496 e. The van der Waals surface area contributed by atoms with Crippen molar-refractivity contribution >= 4 is 10.1 Å². The minimum atomic E-state index is -4.39. The van der Waals surface area contributed by atoms with Crippen LogP contribution >= 0.6 is 0 Å². The molecule has 0 radical (unpaired) electrons. The third-order valence-electron chi connectivity index (χ3n) is 4.89. The first-order valence-electron chi connectivity index (χ1n) is 9.12. The van der Waals surface area contributed by atoms with Gasteiger partial charge in [0, 0.05) is 11.5 Å². The van der Waals surface area contributed by atoms with Gasteiger partial charge in [0.25, 0.3) is 10.1 Å². The van der Waals surface area contributed by atoms with E-state index in [9.17, 15) is 13.0 Å². The molecule has 1 N–H and O–H groups in total. The summed E-state index contributed by atoms with van der Waals surface area (Å²) >= 11 is 0. The van der Waals surface area contributed by atoms with Gasteiger partial charge in [0.1, 0.15) is 5.75 Å². The standard InChI is InChI=1S/C23H24O4S/c1-16(2)17-10-4-5-11-18(17)23(19-12-6-8-14-21(19)27-3)20-13-7-9-15-22(20)28(24,25)26/h4-16,23H,1-3H3,(H,24,25,26). The largest absolute Gasteiger partial charge is 0.496 e. The highest BCUT2D eigenvalue weighted by Gasteiger charge is 2.28. The van der Waals surface area contributed by atoms with Crippen LogP contribution in [0.5, 0.6) is 5.75 Å². The minimum absolute atomic E-state index is 0.0931. The van der Waals surface area contributed by atoms with Crippen molar-refractivity contribution in [3.63, 3.8) is 0 Å². The molecular weight excluding hydrogens is 372 g/mol. The second-order valence-corrected chi connectivity index (χ2v) is 8.36. The molecule has 0 aliphatic carbocycles. The van der Waals surface area contributed by atoms with Crippen LogP contribution in [0.1, 0.15) is 47.9 Å². The number of methoxy groups -OCH3 is 1. The Morgan fingerprint density at radius 2 is 1.25 bits per heavy atom. The van der Waals surface area contributed by atoms with Crippen molar-refractivity contribution in [2.24, 2.45) is 0 Å². The number of hydrogen-bond acceptors (Lipinski definition) is 3. The van der Waals surface area contributed by atoms with Crippen molar-refractivity contribution in [1.82, 2.24) is 0 Å². The lowest BCUT2D eigenvalue weighted by Gasteiger charge is -2.26. The summed E-state index contributed by atoms with van der Waals surface area (Å²) in [5, 5.41) is 0. The van der Waals surface area contributed by atoms with E-state index in [0.717, 1.165) is 16.7 Å². The van der Waals surface area contributed by atoms with Crippen molar-refractivity contribution in [3.8, 4) is 5.75 Å². The molecule has 3 aromatic carbocycles. The lowest BCUT2D eigenvalue weighted by molar-refractivity contribution is 0.408. The summed E-state index contributed by atoms with van der Waals surface area (Å²) in [6, 6.07) is 22.1. The smallest absolute Gasteiger partial charge is 0.294 e. The highest BCUT2D eigenvalue weighted by atomic mass is 32.2. The highest BCUT2D eigenvalue weighted by Crippen LogP contribution is 2.42.